The minimum atomic E-state index is -0.366. The summed E-state index contributed by atoms with van der Waals surface area (Å²) < 4.78 is 1.36. The molecular formula is C13H16ClN5OS. The molecule has 0 radical (unpaired) electrons. The van der Waals surface area contributed by atoms with Crippen LogP contribution < -0.4 is 11.2 Å². The van der Waals surface area contributed by atoms with E-state index in [1.807, 2.05) is 13.0 Å². The van der Waals surface area contributed by atoms with E-state index in [2.05, 4.69) is 15.5 Å². The average Bonchev–Trinajstić information content (AvgIpc) is 2.74. The third-order valence-corrected chi connectivity index (χ3v) is 4.24. The highest BCUT2D eigenvalue weighted by Gasteiger charge is 2.19. The fourth-order valence-corrected chi connectivity index (χ4v) is 2.59. The monoisotopic (exact) mass is 325 g/mol. The molecule has 0 aliphatic heterocycles. The van der Waals surface area contributed by atoms with Gasteiger partial charge in [0, 0.05) is 10.7 Å². The molecule has 1 heterocycles. The van der Waals surface area contributed by atoms with Crippen LogP contribution in [0.15, 0.2) is 23.4 Å². The maximum Gasteiger partial charge on any atom is 0.237 e. The minimum Gasteiger partial charge on any atom is -0.336 e. The molecule has 0 saturated heterocycles. The second kappa shape index (κ2) is 6.36. The largest absolute Gasteiger partial charge is 0.336 e. The van der Waals surface area contributed by atoms with E-state index in [0.717, 1.165) is 5.56 Å². The fraction of sp³-hybridized carbons (Fsp3) is 0.308. The van der Waals surface area contributed by atoms with Gasteiger partial charge in [-0.05, 0) is 38.5 Å². The molecule has 0 fully saturated rings. The van der Waals surface area contributed by atoms with Gasteiger partial charge in [0.1, 0.15) is 5.82 Å². The quantitative estimate of drug-likeness (QED) is 0.666. The van der Waals surface area contributed by atoms with Crippen LogP contribution in [-0.2, 0) is 4.79 Å². The number of anilines is 1. The van der Waals surface area contributed by atoms with Crippen LogP contribution in [0.1, 0.15) is 18.3 Å². The van der Waals surface area contributed by atoms with Gasteiger partial charge in [0.2, 0.25) is 11.1 Å². The number of halogens is 1. The van der Waals surface area contributed by atoms with Crippen LogP contribution in [0.25, 0.3) is 0 Å². The van der Waals surface area contributed by atoms with Gasteiger partial charge in [0.25, 0.3) is 0 Å². The van der Waals surface area contributed by atoms with E-state index in [9.17, 15) is 4.79 Å². The van der Waals surface area contributed by atoms with Crippen molar-refractivity contribution in [2.45, 2.75) is 31.2 Å². The molecule has 0 aliphatic rings. The Kier molecular flexibility index (Phi) is 4.74. The maximum absolute atomic E-state index is 12.2. The zero-order chi connectivity index (χ0) is 15.6. The molecule has 0 unspecified atom stereocenters. The topological polar surface area (TPSA) is 85.8 Å². The minimum absolute atomic E-state index is 0.147. The number of hydrogen-bond donors (Lipinski definition) is 2. The summed E-state index contributed by atoms with van der Waals surface area (Å²) >= 11 is 7.19. The van der Waals surface area contributed by atoms with Gasteiger partial charge in [-0.3, -0.25) is 4.79 Å². The molecule has 0 bridgehead atoms. The molecule has 1 amide bonds. The van der Waals surface area contributed by atoms with Crippen molar-refractivity contribution in [3.63, 3.8) is 0 Å². The molecule has 8 heteroatoms. The number of nitrogen functional groups attached to an aromatic ring is 1. The first-order valence-electron chi connectivity index (χ1n) is 6.29. The summed E-state index contributed by atoms with van der Waals surface area (Å²) in [6.07, 6.45) is 0. The summed E-state index contributed by atoms with van der Waals surface area (Å²) in [5.74, 6) is 6.22. The number of nitrogens with zero attached hydrogens (tertiary/aromatic N) is 3. The Hall–Kier alpha value is -1.73. The molecule has 0 spiro atoms. The van der Waals surface area contributed by atoms with E-state index in [-0.39, 0.29) is 11.2 Å². The smallest absolute Gasteiger partial charge is 0.237 e. The van der Waals surface area contributed by atoms with Crippen molar-refractivity contribution in [2.24, 2.45) is 0 Å². The Bertz CT molecular complexity index is 673. The molecule has 2 aromatic rings. The fourth-order valence-electron chi connectivity index (χ4n) is 1.61. The van der Waals surface area contributed by atoms with Crippen LogP contribution in [-0.4, -0.2) is 26.0 Å². The zero-order valence-corrected chi connectivity index (χ0v) is 13.5. The number of carbonyl (C=O) groups excluding carboxylic acids is 1. The molecule has 3 N–H and O–H groups in total. The molecule has 2 rings (SSSR count). The van der Waals surface area contributed by atoms with Gasteiger partial charge in [-0.1, -0.05) is 29.4 Å². The Morgan fingerprint density at radius 2 is 2.14 bits per heavy atom. The summed E-state index contributed by atoms with van der Waals surface area (Å²) in [6.45, 7) is 5.44. The summed E-state index contributed by atoms with van der Waals surface area (Å²) in [5.41, 5.74) is 1.65. The van der Waals surface area contributed by atoms with Crippen molar-refractivity contribution in [3.8, 4) is 0 Å². The van der Waals surface area contributed by atoms with Crippen LogP contribution in [0, 0.1) is 13.8 Å². The van der Waals surface area contributed by atoms with Gasteiger partial charge in [-0.15, -0.1) is 10.2 Å². The predicted molar refractivity (Wildman–Crippen MR) is 85.0 cm³/mol. The summed E-state index contributed by atoms with van der Waals surface area (Å²) in [5, 5.41) is 11.3. The standard InChI is InChI=1S/C13H16ClN5OS/c1-7-4-5-10(14)6-11(7)16-12(20)8(2)21-13-18-17-9(3)19(13)15/h4-6,8H,15H2,1-3H3,(H,16,20)/t8-/m1/s1. The van der Waals surface area contributed by atoms with Gasteiger partial charge < -0.3 is 11.2 Å². The summed E-state index contributed by atoms with van der Waals surface area (Å²) in [6, 6.07) is 5.36. The highest BCUT2D eigenvalue weighted by molar-refractivity contribution is 8.00. The molecule has 1 aromatic heterocycles. The predicted octanol–water partition coefficient (Wildman–Crippen LogP) is 2.38. The van der Waals surface area contributed by atoms with Gasteiger partial charge in [-0.25, -0.2) is 4.68 Å². The zero-order valence-electron chi connectivity index (χ0n) is 11.9. The van der Waals surface area contributed by atoms with Crippen molar-refractivity contribution >= 4 is 35.0 Å². The number of hydrogen-bond acceptors (Lipinski definition) is 5. The average molecular weight is 326 g/mol. The number of rotatable bonds is 4. The molecule has 0 saturated carbocycles. The second-order valence-corrected chi connectivity index (χ2v) is 6.35. The highest BCUT2D eigenvalue weighted by Crippen LogP contribution is 2.24. The lowest BCUT2D eigenvalue weighted by atomic mass is 10.2. The van der Waals surface area contributed by atoms with Crippen LogP contribution in [0.5, 0.6) is 0 Å². The Balaban J connectivity index is 2.06. The summed E-state index contributed by atoms with van der Waals surface area (Å²) in [4.78, 5) is 12.2. The van der Waals surface area contributed by atoms with Gasteiger partial charge in [-0.2, -0.15) is 0 Å². The molecule has 1 aromatic carbocycles. The van der Waals surface area contributed by atoms with E-state index in [0.29, 0.717) is 21.7 Å². The van der Waals surface area contributed by atoms with Gasteiger partial charge in [0.05, 0.1) is 5.25 Å². The molecule has 1 atom stereocenters. The van der Waals surface area contributed by atoms with E-state index in [1.54, 1.807) is 26.0 Å². The van der Waals surface area contributed by atoms with Crippen molar-refractivity contribution in [2.75, 3.05) is 11.2 Å². The number of thioether (sulfide) groups is 1. The van der Waals surface area contributed by atoms with Crippen LogP contribution in [0.3, 0.4) is 0 Å². The van der Waals surface area contributed by atoms with Crippen LogP contribution >= 0.6 is 23.4 Å². The number of nitrogens with one attached hydrogen (secondary N) is 1. The van der Waals surface area contributed by atoms with E-state index in [4.69, 9.17) is 17.4 Å². The first-order valence-corrected chi connectivity index (χ1v) is 7.55. The normalized spacial score (nSPS) is 12.2. The Labute approximate surface area is 132 Å². The molecular weight excluding hydrogens is 310 g/mol. The number of aryl methyl sites for hydroxylation is 2. The maximum atomic E-state index is 12.2. The third kappa shape index (κ3) is 3.68. The number of aromatic nitrogens is 3. The van der Waals surface area contributed by atoms with E-state index < -0.39 is 0 Å². The molecule has 112 valence electrons. The second-order valence-electron chi connectivity index (χ2n) is 4.61. The number of carbonyl (C=O) groups is 1. The molecule has 6 nitrogen and oxygen atoms in total. The molecule has 0 aliphatic carbocycles. The van der Waals surface area contributed by atoms with Crippen molar-refractivity contribution in [1.82, 2.24) is 14.9 Å². The SMILES string of the molecule is Cc1ccc(Cl)cc1NC(=O)[C@@H](C)Sc1nnc(C)n1N. The lowest BCUT2D eigenvalue weighted by Crippen LogP contribution is -2.24. The molecule has 21 heavy (non-hydrogen) atoms. The van der Waals surface area contributed by atoms with Crippen molar-refractivity contribution < 1.29 is 4.79 Å². The first-order chi connectivity index (χ1) is 9.88. The van der Waals surface area contributed by atoms with Crippen LogP contribution in [0.2, 0.25) is 5.02 Å². The number of amides is 1. The number of benzene rings is 1. The van der Waals surface area contributed by atoms with Crippen molar-refractivity contribution in [3.05, 3.63) is 34.6 Å². The first kappa shape index (κ1) is 15.7. The lowest BCUT2D eigenvalue weighted by molar-refractivity contribution is -0.115. The van der Waals surface area contributed by atoms with Gasteiger partial charge in [0.15, 0.2) is 0 Å². The Morgan fingerprint density at radius 3 is 2.76 bits per heavy atom. The van der Waals surface area contributed by atoms with E-state index >= 15 is 0 Å². The van der Waals surface area contributed by atoms with E-state index in [1.165, 1.54) is 16.4 Å². The van der Waals surface area contributed by atoms with Crippen molar-refractivity contribution in [1.29, 1.82) is 0 Å². The Morgan fingerprint density at radius 1 is 1.43 bits per heavy atom. The summed E-state index contributed by atoms with van der Waals surface area (Å²) in [7, 11) is 0. The highest BCUT2D eigenvalue weighted by atomic mass is 35.5. The third-order valence-electron chi connectivity index (χ3n) is 2.94. The van der Waals surface area contributed by atoms with Crippen LogP contribution in [0.4, 0.5) is 5.69 Å². The lowest BCUT2D eigenvalue weighted by Gasteiger charge is -2.13. The van der Waals surface area contributed by atoms with Gasteiger partial charge >= 0.3 is 0 Å². The number of nitrogens with two attached hydrogens (primary N) is 1.